The van der Waals surface area contributed by atoms with Gasteiger partial charge in [0, 0.05) is 39.3 Å². The Bertz CT molecular complexity index is 260. The monoisotopic (exact) mass is 253 g/mol. The normalized spacial score (nSPS) is 18.8. The highest BCUT2D eigenvalue weighted by Crippen LogP contribution is 2.19. The molecular formula is C10H18F3N3O. The first-order valence-electron chi connectivity index (χ1n) is 5.54. The average molecular weight is 253 g/mol. The van der Waals surface area contributed by atoms with Crippen LogP contribution in [0.25, 0.3) is 0 Å². The zero-order valence-corrected chi connectivity index (χ0v) is 10.1. The molecule has 0 spiro atoms. The van der Waals surface area contributed by atoms with Gasteiger partial charge in [0.25, 0.3) is 0 Å². The predicted molar refractivity (Wildman–Crippen MR) is 57.6 cm³/mol. The number of amides is 1. The minimum absolute atomic E-state index is 0.159. The molecule has 0 unspecified atom stereocenters. The molecule has 0 aromatic carbocycles. The van der Waals surface area contributed by atoms with Crippen molar-refractivity contribution in [3.63, 3.8) is 0 Å². The molecule has 0 aromatic heterocycles. The molecule has 1 rings (SSSR count). The van der Waals surface area contributed by atoms with Gasteiger partial charge in [-0.15, -0.1) is 0 Å². The van der Waals surface area contributed by atoms with Crippen molar-refractivity contribution in [2.24, 2.45) is 0 Å². The van der Waals surface area contributed by atoms with Crippen molar-refractivity contribution in [3.8, 4) is 0 Å². The van der Waals surface area contributed by atoms with Gasteiger partial charge in [-0.3, -0.25) is 9.69 Å². The summed E-state index contributed by atoms with van der Waals surface area (Å²) in [6, 6.07) is 0. The third-order valence-electron chi connectivity index (χ3n) is 2.77. The van der Waals surface area contributed by atoms with Gasteiger partial charge in [-0.1, -0.05) is 0 Å². The summed E-state index contributed by atoms with van der Waals surface area (Å²) in [5.74, 6) is -1.72. The van der Waals surface area contributed by atoms with E-state index in [2.05, 4.69) is 4.90 Å². The Hall–Kier alpha value is -0.820. The third-order valence-corrected chi connectivity index (χ3v) is 2.77. The Morgan fingerprint density at radius 2 is 1.71 bits per heavy atom. The van der Waals surface area contributed by atoms with Gasteiger partial charge in [-0.05, 0) is 14.1 Å². The standard InChI is InChI=1S/C10H18F3N3O/c1-14(2)3-4-15-5-7-16(8-6-15)9(17)10(11,12)13/h3-8H2,1-2H3. The molecule has 7 heteroatoms. The van der Waals surface area contributed by atoms with Crippen LogP contribution >= 0.6 is 0 Å². The van der Waals surface area contributed by atoms with E-state index in [1.807, 2.05) is 19.0 Å². The maximum absolute atomic E-state index is 12.2. The highest BCUT2D eigenvalue weighted by Gasteiger charge is 2.43. The lowest BCUT2D eigenvalue weighted by Gasteiger charge is -2.35. The van der Waals surface area contributed by atoms with E-state index in [4.69, 9.17) is 0 Å². The van der Waals surface area contributed by atoms with Gasteiger partial charge in [0.05, 0.1) is 0 Å². The number of hydrogen-bond donors (Lipinski definition) is 0. The van der Waals surface area contributed by atoms with Crippen LogP contribution in [-0.2, 0) is 4.79 Å². The maximum atomic E-state index is 12.2. The third kappa shape index (κ3) is 4.51. The minimum atomic E-state index is -4.74. The van der Waals surface area contributed by atoms with Crippen LogP contribution < -0.4 is 0 Å². The molecule has 100 valence electrons. The number of piperazine rings is 1. The summed E-state index contributed by atoms with van der Waals surface area (Å²) in [7, 11) is 3.90. The number of carbonyl (C=O) groups is 1. The molecule has 4 nitrogen and oxygen atoms in total. The molecule has 0 N–H and O–H groups in total. The SMILES string of the molecule is CN(C)CCN1CCN(C(=O)C(F)(F)F)CC1. The van der Waals surface area contributed by atoms with Crippen molar-refractivity contribution < 1.29 is 18.0 Å². The number of carbonyl (C=O) groups excluding carboxylic acids is 1. The van der Waals surface area contributed by atoms with Gasteiger partial charge in [-0.25, -0.2) is 0 Å². The second kappa shape index (κ2) is 5.68. The zero-order chi connectivity index (χ0) is 13.1. The molecular weight excluding hydrogens is 235 g/mol. The first-order chi connectivity index (χ1) is 7.80. The van der Waals surface area contributed by atoms with Crippen LogP contribution in [0.1, 0.15) is 0 Å². The lowest BCUT2D eigenvalue weighted by Crippen LogP contribution is -2.53. The van der Waals surface area contributed by atoms with Crippen LogP contribution in [0.3, 0.4) is 0 Å². The van der Waals surface area contributed by atoms with Crippen molar-refractivity contribution in [1.82, 2.24) is 14.7 Å². The van der Waals surface area contributed by atoms with E-state index in [1.165, 1.54) is 0 Å². The van der Waals surface area contributed by atoms with Crippen LogP contribution in [0.2, 0.25) is 0 Å². The van der Waals surface area contributed by atoms with Gasteiger partial charge < -0.3 is 9.80 Å². The first-order valence-corrected chi connectivity index (χ1v) is 5.54. The summed E-state index contributed by atoms with van der Waals surface area (Å²) >= 11 is 0. The van der Waals surface area contributed by atoms with E-state index in [9.17, 15) is 18.0 Å². The summed E-state index contributed by atoms with van der Waals surface area (Å²) < 4.78 is 36.5. The Balaban J connectivity index is 2.33. The Morgan fingerprint density at radius 1 is 1.18 bits per heavy atom. The fraction of sp³-hybridized carbons (Fsp3) is 0.900. The van der Waals surface area contributed by atoms with E-state index >= 15 is 0 Å². The highest BCUT2D eigenvalue weighted by atomic mass is 19.4. The van der Waals surface area contributed by atoms with E-state index in [1.54, 1.807) is 0 Å². The van der Waals surface area contributed by atoms with Gasteiger partial charge in [0.2, 0.25) is 0 Å². The van der Waals surface area contributed by atoms with Crippen molar-refractivity contribution in [2.45, 2.75) is 6.18 Å². The van der Waals surface area contributed by atoms with Crippen LogP contribution in [0, 0.1) is 0 Å². The molecule has 0 saturated carbocycles. The molecule has 1 amide bonds. The quantitative estimate of drug-likeness (QED) is 0.721. The lowest BCUT2D eigenvalue weighted by molar-refractivity contribution is -0.187. The van der Waals surface area contributed by atoms with Gasteiger partial charge in [-0.2, -0.15) is 13.2 Å². The summed E-state index contributed by atoms with van der Waals surface area (Å²) in [5.41, 5.74) is 0. The van der Waals surface area contributed by atoms with Crippen LogP contribution in [0.15, 0.2) is 0 Å². The smallest absolute Gasteiger partial charge is 0.332 e. The van der Waals surface area contributed by atoms with E-state index in [0.29, 0.717) is 13.1 Å². The van der Waals surface area contributed by atoms with Crippen molar-refractivity contribution in [2.75, 3.05) is 53.4 Å². The second-order valence-corrected chi connectivity index (χ2v) is 4.43. The number of nitrogens with zero attached hydrogens (tertiary/aromatic N) is 3. The number of rotatable bonds is 3. The second-order valence-electron chi connectivity index (χ2n) is 4.43. The largest absolute Gasteiger partial charge is 0.471 e. The molecule has 17 heavy (non-hydrogen) atoms. The topological polar surface area (TPSA) is 26.8 Å². The molecule has 0 bridgehead atoms. The fourth-order valence-corrected chi connectivity index (χ4v) is 1.70. The molecule has 1 heterocycles. The Morgan fingerprint density at radius 3 is 2.12 bits per heavy atom. The van der Waals surface area contributed by atoms with E-state index in [0.717, 1.165) is 18.0 Å². The van der Waals surface area contributed by atoms with E-state index in [-0.39, 0.29) is 13.1 Å². The maximum Gasteiger partial charge on any atom is 0.471 e. The van der Waals surface area contributed by atoms with Gasteiger partial charge >= 0.3 is 12.1 Å². The number of hydrogen-bond acceptors (Lipinski definition) is 3. The summed E-state index contributed by atoms with van der Waals surface area (Å²) in [5, 5.41) is 0. The molecule has 0 aliphatic carbocycles. The molecule has 0 atom stereocenters. The fourth-order valence-electron chi connectivity index (χ4n) is 1.70. The molecule has 1 aliphatic rings. The summed E-state index contributed by atoms with van der Waals surface area (Å²) in [4.78, 5) is 15.9. The summed E-state index contributed by atoms with van der Waals surface area (Å²) in [6.45, 7) is 3.02. The predicted octanol–water partition coefficient (Wildman–Crippen LogP) is 0.254. The molecule has 1 aliphatic heterocycles. The van der Waals surface area contributed by atoms with E-state index < -0.39 is 12.1 Å². The molecule has 0 aromatic rings. The number of halogens is 3. The molecule has 0 radical (unpaired) electrons. The highest BCUT2D eigenvalue weighted by molar-refractivity contribution is 5.81. The van der Waals surface area contributed by atoms with Crippen LogP contribution in [0.4, 0.5) is 13.2 Å². The van der Waals surface area contributed by atoms with Crippen LogP contribution in [0.5, 0.6) is 0 Å². The van der Waals surface area contributed by atoms with Gasteiger partial charge in [0.15, 0.2) is 0 Å². The average Bonchev–Trinajstić information content (AvgIpc) is 2.25. The molecule has 1 fully saturated rings. The lowest BCUT2D eigenvalue weighted by atomic mass is 10.3. The van der Waals surface area contributed by atoms with Gasteiger partial charge in [0.1, 0.15) is 0 Å². The van der Waals surface area contributed by atoms with Crippen LogP contribution in [-0.4, -0.2) is 80.1 Å². The van der Waals surface area contributed by atoms with Crippen molar-refractivity contribution in [1.29, 1.82) is 0 Å². The number of alkyl halides is 3. The van der Waals surface area contributed by atoms with Crippen molar-refractivity contribution in [3.05, 3.63) is 0 Å². The number of likely N-dealkylation sites (N-methyl/N-ethyl adjacent to an activating group) is 1. The minimum Gasteiger partial charge on any atom is -0.332 e. The Kier molecular flexibility index (Phi) is 4.76. The molecule has 1 saturated heterocycles. The first kappa shape index (κ1) is 14.2. The Labute approximate surface area is 99.0 Å². The zero-order valence-electron chi connectivity index (χ0n) is 10.1. The van der Waals surface area contributed by atoms with Crippen molar-refractivity contribution >= 4 is 5.91 Å². The summed E-state index contributed by atoms with van der Waals surface area (Å²) in [6.07, 6.45) is -4.74.